The second-order valence-electron chi connectivity index (χ2n) is 3.06. The summed E-state index contributed by atoms with van der Waals surface area (Å²) in [5, 5.41) is 9.71. The number of nitrogens with one attached hydrogen (secondary N) is 1. The minimum atomic E-state index is -4.28. The molecular formula is C7H9ClF3N3. The molecule has 1 unspecified atom stereocenters. The molecule has 0 amide bonds. The number of hydrogen-bond donors (Lipinski definition) is 1. The van der Waals surface area contributed by atoms with Crippen LogP contribution in [0.5, 0.6) is 0 Å². The highest BCUT2D eigenvalue weighted by Gasteiger charge is 2.46. The summed E-state index contributed by atoms with van der Waals surface area (Å²) in [5.74, 6) is 0. The van der Waals surface area contributed by atoms with E-state index in [1.807, 2.05) is 0 Å². The Bertz CT molecular complexity index is 284. The summed E-state index contributed by atoms with van der Waals surface area (Å²) < 4.78 is 37.0. The number of alkyl halides is 3. The molecule has 2 rings (SSSR count). The zero-order chi connectivity index (χ0) is 9.47. The topological polar surface area (TPSA) is 36.8 Å². The lowest BCUT2D eigenvalue weighted by Crippen LogP contribution is -2.32. The molecule has 2 aliphatic heterocycles. The lowest BCUT2D eigenvalue weighted by molar-refractivity contribution is -0.139. The third-order valence-electron chi connectivity index (χ3n) is 2.17. The molecule has 2 heterocycles. The van der Waals surface area contributed by atoms with E-state index in [-0.39, 0.29) is 12.4 Å². The summed E-state index contributed by atoms with van der Waals surface area (Å²) in [6, 6.07) is -1.68. The Balaban J connectivity index is 0.000000980. The van der Waals surface area contributed by atoms with Crippen molar-refractivity contribution in [1.82, 2.24) is 5.32 Å². The van der Waals surface area contributed by atoms with Crippen LogP contribution in [-0.2, 0) is 0 Å². The summed E-state index contributed by atoms with van der Waals surface area (Å²) in [6.45, 7) is 0.988. The average molecular weight is 228 g/mol. The first-order chi connectivity index (χ1) is 6.09. The van der Waals surface area contributed by atoms with E-state index in [2.05, 4.69) is 15.5 Å². The molecule has 3 nitrogen and oxygen atoms in total. The number of rotatable bonds is 0. The van der Waals surface area contributed by atoms with Crippen molar-refractivity contribution in [3.8, 4) is 0 Å². The minimum Gasteiger partial charge on any atom is -0.311 e. The van der Waals surface area contributed by atoms with E-state index in [0.29, 0.717) is 30.8 Å². The molecule has 0 saturated heterocycles. The first-order valence-corrected chi connectivity index (χ1v) is 3.99. The van der Waals surface area contributed by atoms with E-state index in [9.17, 15) is 13.2 Å². The first-order valence-electron chi connectivity index (χ1n) is 3.99. The van der Waals surface area contributed by atoms with E-state index in [4.69, 9.17) is 0 Å². The Hall–Kier alpha value is -0.620. The Kier molecular flexibility index (Phi) is 3.16. The predicted molar refractivity (Wildman–Crippen MR) is 46.5 cm³/mol. The molecule has 7 heteroatoms. The van der Waals surface area contributed by atoms with Crippen LogP contribution in [0.25, 0.3) is 0 Å². The van der Waals surface area contributed by atoms with Crippen LogP contribution in [0.1, 0.15) is 6.42 Å². The van der Waals surface area contributed by atoms with Crippen molar-refractivity contribution in [3.63, 3.8) is 0 Å². The second kappa shape index (κ2) is 3.86. The molecule has 80 valence electrons. The van der Waals surface area contributed by atoms with Crippen LogP contribution < -0.4 is 5.32 Å². The molecule has 0 spiro atoms. The third-order valence-corrected chi connectivity index (χ3v) is 2.17. The normalized spacial score (nSPS) is 26.1. The SMILES string of the molecule is Cl.FC(F)(F)C1N=NC2=C1CCNC2. The van der Waals surface area contributed by atoms with Gasteiger partial charge in [-0.2, -0.15) is 23.4 Å². The van der Waals surface area contributed by atoms with Crippen LogP contribution in [-0.4, -0.2) is 25.3 Å². The van der Waals surface area contributed by atoms with Gasteiger partial charge >= 0.3 is 6.18 Å². The molecule has 1 N–H and O–H groups in total. The minimum absolute atomic E-state index is 0. The maximum atomic E-state index is 12.3. The lowest BCUT2D eigenvalue weighted by atomic mass is 10.0. The number of hydrogen-bond acceptors (Lipinski definition) is 3. The zero-order valence-electron chi connectivity index (χ0n) is 7.14. The van der Waals surface area contributed by atoms with Crippen molar-refractivity contribution in [3.05, 3.63) is 11.3 Å². The van der Waals surface area contributed by atoms with Gasteiger partial charge in [0.2, 0.25) is 0 Å². The van der Waals surface area contributed by atoms with Crippen molar-refractivity contribution >= 4 is 12.4 Å². The molecule has 0 saturated carbocycles. The van der Waals surface area contributed by atoms with Crippen molar-refractivity contribution in [2.24, 2.45) is 10.2 Å². The lowest BCUT2D eigenvalue weighted by Gasteiger charge is -2.18. The highest BCUT2D eigenvalue weighted by molar-refractivity contribution is 5.85. The van der Waals surface area contributed by atoms with Crippen molar-refractivity contribution in [1.29, 1.82) is 0 Å². The largest absolute Gasteiger partial charge is 0.416 e. The third kappa shape index (κ3) is 1.90. The van der Waals surface area contributed by atoms with Gasteiger partial charge in [0.15, 0.2) is 6.04 Å². The average Bonchev–Trinajstić information content (AvgIpc) is 2.45. The highest BCUT2D eigenvalue weighted by atomic mass is 35.5. The van der Waals surface area contributed by atoms with Gasteiger partial charge in [0, 0.05) is 6.54 Å². The summed E-state index contributed by atoms with van der Waals surface area (Å²) in [6.07, 6.45) is -3.88. The Morgan fingerprint density at radius 1 is 1.36 bits per heavy atom. The van der Waals surface area contributed by atoms with Crippen LogP contribution in [0.3, 0.4) is 0 Å². The van der Waals surface area contributed by atoms with Gasteiger partial charge in [-0.25, -0.2) is 0 Å². The molecule has 0 aliphatic carbocycles. The van der Waals surface area contributed by atoms with Crippen LogP contribution in [0.2, 0.25) is 0 Å². The molecule has 0 aromatic heterocycles. The molecule has 14 heavy (non-hydrogen) atoms. The van der Waals surface area contributed by atoms with Gasteiger partial charge < -0.3 is 5.32 Å². The summed E-state index contributed by atoms with van der Waals surface area (Å²) >= 11 is 0. The summed E-state index contributed by atoms with van der Waals surface area (Å²) in [7, 11) is 0. The fraction of sp³-hybridized carbons (Fsp3) is 0.714. The molecule has 2 aliphatic rings. The molecule has 1 atom stereocenters. The van der Waals surface area contributed by atoms with Crippen LogP contribution in [0.15, 0.2) is 21.5 Å². The van der Waals surface area contributed by atoms with Gasteiger partial charge in [0.1, 0.15) is 0 Å². The van der Waals surface area contributed by atoms with Gasteiger partial charge in [-0.3, -0.25) is 0 Å². The van der Waals surface area contributed by atoms with Crippen LogP contribution >= 0.6 is 12.4 Å². The fourth-order valence-electron chi connectivity index (χ4n) is 1.54. The van der Waals surface area contributed by atoms with Gasteiger partial charge in [0.25, 0.3) is 0 Å². The zero-order valence-corrected chi connectivity index (χ0v) is 7.95. The Labute approximate surface area is 84.9 Å². The second-order valence-corrected chi connectivity index (χ2v) is 3.06. The number of azo groups is 1. The highest BCUT2D eigenvalue weighted by Crippen LogP contribution is 2.36. The van der Waals surface area contributed by atoms with E-state index < -0.39 is 12.2 Å². The summed E-state index contributed by atoms with van der Waals surface area (Å²) in [4.78, 5) is 0. The van der Waals surface area contributed by atoms with Gasteiger partial charge in [0.05, 0.1) is 5.70 Å². The van der Waals surface area contributed by atoms with Gasteiger partial charge in [-0.1, -0.05) is 0 Å². The van der Waals surface area contributed by atoms with E-state index in [1.165, 1.54) is 0 Å². The van der Waals surface area contributed by atoms with E-state index >= 15 is 0 Å². The molecule has 0 radical (unpaired) electrons. The smallest absolute Gasteiger partial charge is 0.311 e. The molecular weight excluding hydrogens is 219 g/mol. The maximum absolute atomic E-state index is 12.3. The number of halogens is 4. The van der Waals surface area contributed by atoms with Crippen molar-refractivity contribution in [2.45, 2.75) is 18.6 Å². The van der Waals surface area contributed by atoms with Crippen LogP contribution in [0.4, 0.5) is 13.2 Å². The predicted octanol–water partition coefficient (Wildman–Crippen LogP) is 2.05. The Morgan fingerprint density at radius 2 is 2.07 bits per heavy atom. The van der Waals surface area contributed by atoms with Gasteiger partial charge in [-0.15, -0.1) is 12.4 Å². The monoisotopic (exact) mass is 227 g/mol. The number of nitrogens with zero attached hydrogens (tertiary/aromatic N) is 2. The van der Waals surface area contributed by atoms with E-state index in [1.54, 1.807) is 0 Å². The fourth-order valence-corrected chi connectivity index (χ4v) is 1.54. The molecule has 0 aromatic rings. The van der Waals surface area contributed by atoms with Gasteiger partial charge in [-0.05, 0) is 18.5 Å². The quantitative estimate of drug-likeness (QED) is 0.676. The first kappa shape index (κ1) is 11.5. The molecule has 0 aromatic carbocycles. The Morgan fingerprint density at radius 3 is 2.71 bits per heavy atom. The van der Waals surface area contributed by atoms with E-state index in [0.717, 1.165) is 0 Å². The maximum Gasteiger partial charge on any atom is 0.416 e. The van der Waals surface area contributed by atoms with Crippen molar-refractivity contribution in [2.75, 3.05) is 13.1 Å². The molecule has 0 bridgehead atoms. The van der Waals surface area contributed by atoms with Crippen molar-refractivity contribution < 1.29 is 13.2 Å². The molecule has 0 fully saturated rings. The standard InChI is InChI=1S/C7H8F3N3.ClH/c8-7(9,10)6-4-1-2-11-3-5(4)12-13-6;/h6,11H,1-3H2;1H. The summed E-state index contributed by atoms with van der Waals surface area (Å²) in [5.41, 5.74) is 0.805. The van der Waals surface area contributed by atoms with Crippen LogP contribution in [0, 0.1) is 0 Å².